The van der Waals surface area contributed by atoms with Gasteiger partial charge in [-0.25, -0.2) is 9.97 Å². The molecule has 38 heavy (non-hydrogen) atoms. The molecule has 2 atom stereocenters. The van der Waals surface area contributed by atoms with Crippen molar-refractivity contribution in [1.29, 1.82) is 0 Å². The van der Waals surface area contributed by atoms with Gasteiger partial charge in [-0.2, -0.15) is 0 Å². The molecule has 1 aromatic heterocycles. The molecule has 5 heteroatoms. The molecular formula is C33H40N4O. The highest BCUT2D eigenvalue weighted by Gasteiger charge is 2.32. The van der Waals surface area contributed by atoms with Crippen LogP contribution in [0, 0.1) is 6.92 Å². The number of aromatic nitrogens is 2. The van der Waals surface area contributed by atoms with Crippen molar-refractivity contribution in [1.82, 2.24) is 9.97 Å². The predicted molar refractivity (Wildman–Crippen MR) is 159 cm³/mol. The predicted octanol–water partition coefficient (Wildman–Crippen LogP) is 7.87. The largest absolute Gasteiger partial charge is 0.369 e. The maximum atomic E-state index is 6.34. The van der Waals surface area contributed by atoms with E-state index in [2.05, 4.69) is 99.6 Å². The second-order valence-electron chi connectivity index (χ2n) is 10.0. The maximum absolute atomic E-state index is 6.34. The lowest BCUT2D eigenvalue weighted by Crippen LogP contribution is -2.32. The summed E-state index contributed by atoms with van der Waals surface area (Å²) in [6.45, 7) is 19.4. The lowest BCUT2D eigenvalue weighted by atomic mass is 9.91. The smallest absolute Gasteiger partial charge is 0.159 e. The Balaban J connectivity index is 1.69. The molecular weight excluding hydrogens is 468 g/mol. The van der Waals surface area contributed by atoms with Crippen LogP contribution in [0.4, 0.5) is 11.6 Å². The highest BCUT2D eigenvalue weighted by atomic mass is 16.5. The number of benzene rings is 2. The molecule has 0 spiro atoms. The van der Waals surface area contributed by atoms with Gasteiger partial charge in [0, 0.05) is 24.2 Å². The summed E-state index contributed by atoms with van der Waals surface area (Å²) in [7, 11) is 0. The van der Waals surface area contributed by atoms with Crippen LogP contribution in [0.2, 0.25) is 0 Å². The molecule has 0 bridgehead atoms. The molecule has 0 amide bonds. The van der Waals surface area contributed by atoms with Crippen molar-refractivity contribution in [2.45, 2.75) is 64.7 Å². The van der Waals surface area contributed by atoms with Gasteiger partial charge in [0.2, 0.25) is 0 Å². The maximum Gasteiger partial charge on any atom is 0.159 e. The molecule has 0 saturated carbocycles. The third-order valence-electron chi connectivity index (χ3n) is 7.16. The summed E-state index contributed by atoms with van der Waals surface area (Å²) in [5.74, 6) is 2.43. The van der Waals surface area contributed by atoms with Crippen LogP contribution in [0.15, 0.2) is 92.2 Å². The number of anilines is 2. The van der Waals surface area contributed by atoms with E-state index in [-0.39, 0.29) is 18.2 Å². The molecule has 1 saturated heterocycles. The number of hydrogen-bond donors (Lipinski definition) is 1. The van der Waals surface area contributed by atoms with Crippen molar-refractivity contribution in [3.63, 3.8) is 0 Å². The molecule has 4 rings (SSSR count). The van der Waals surface area contributed by atoms with Gasteiger partial charge < -0.3 is 15.0 Å². The van der Waals surface area contributed by atoms with E-state index < -0.39 is 0 Å². The minimum atomic E-state index is -0.149. The monoisotopic (exact) mass is 508 g/mol. The topological polar surface area (TPSA) is 50.3 Å². The molecule has 198 valence electrons. The van der Waals surface area contributed by atoms with E-state index in [0.717, 1.165) is 54.0 Å². The molecule has 5 nitrogen and oxygen atoms in total. The van der Waals surface area contributed by atoms with Crippen LogP contribution in [0.5, 0.6) is 0 Å². The fourth-order valence-electron chi connectivity index (χ4n) is 5.02. The fraction of sp³-hybridized carbons (Fsp3) is 0.333. The van der Waals surface area contributed by atoms with Gasteiger partial charge in [0.15, 0.2) is 5.82 Å². The number of allylic oxidation sites excluding steroid dienone is 1. The highest BCUT2D eigenvalue weighted by molar-refractivity contribution is 5.67. The van der Waals surface area contributed by atoms with E-state index in [4.69, 9.17) is 14.7 Å². The van der Waals surface area contributed by atoms with E-state index >= 15 is 0 Å². The summed E-state index contributed by atoms with van der Waals surface area (Å²) in [5, 5.41) is 3.68. The first-order valence-corrected chi connectivity index (χ1v) is 13.5. The standard InChI is InChI=1S/C33H40N4O/c1-7-15-24(5)31-35-32(25(6)33(36-31)37(8-2)30-21-20-29(38-30)23(3)4)34-22-28(26-16-11-9-12-17-26)27-18-13-10-14-19-27/h8-14,16-19,28-30H,2-3,5,7,15,20-22H2,1,4,6H3,(H,34,35,36). The zero-order valence-corrected chi connectivity index (χ0v) is 23.0. The highest BCUT2D eigenvalue weighted by Crippen LogP contribution is 2.34. The molecule has 2 heterocycles. The SMILES string of the molecule is C=CN(c1nc(C(=C)CCC)nc(NCC(c2ccccc2)c2ccccc2)c1C)C1CCC(C(=C)C)O1. The summed E-state index contributed by atoms with van der Waals surface area (Å²) in [5.41, 5.74) is 5.44. The summed E-state index contributed by atoms with van der Waals surface area (Å²) in [4.78, 5) is 12.0. The van der Waals surface area contributed by atoms with Crippen LogP contribution in [0.1, 0.15) is 68.0 Å². The molecule has 1 N–H and O–H groups in total. The van der Waals surface area contributed by atoms with Gasteiger partial charge in [-0.15, -0.1) is 0 Å². The number of nitrogens with zero attached hydrogens (tertiary/aromatic N) is 3. The quantitative estimate of drug-likeness (QED) is 0.252. The Hall–Kier alpha value is -3.70. The average molecular weight is 509 g/mol. The Morgan fingerprint density at radius 3 is 2.21 bits per heavy atom. The summed E-state index contributed by atoms with van der Waals surface area (Å²) < 4.78 is 6.34. The van der Waals surface area contributed by atoms with Gasteiger partial charge in [-0.1, -0.05) is 99.3 Å². The third kappa shape index (κ3) is 6.22. The van der Waals surface area contributed by atoms with Crippen LogP contribution in [-0.2, 0) is 4.74 Å². The van der Waals surface area contributed by atoms with Gasteiger partial charge in [0.05, 0.1) is 6.10 Å². The lowest BCUT2D eigenvalue weighted by Gasteiger charge is -2.29. The molecule has 2 unspecified atom stereocenters. The Morgan fingerprint density at radius 2 is 1.68 bits per heavy atom. The second kappa shape index (κ2) is 12.7. The molecule has 0 aliphatic carbocycles. The van der Waals surface area contributed by atoms with Crippen LogP contribution in [0.3, 0.4) is 0 Å². The second-order valence-corrected chi connectivity index (χ2v) is 10.0. The van der Waals surface area contributed by atoms with E-state index in [0.29, 0.717) is 12.4 Å². The van der Waals surface area contributed by atoms with E-state index in [1.54, 1.807) is 0 Å². The first-order valence-electron chi connectivity index (χ1n) is 13.5. The van der Waals surface area contributed by atoms with Gasteiger partial charge in [-0.3, -0.25) is 0 Å². The van der Waals surface area contributed by atoms with E-state index in [1.807, 2.05) is 18.0 Å². The molecule has 1 aliphatic rings. The Morgan fingerprint density at radius 1 is 1.05 bits per heavy atom. The van der Waals surface area contributed by atoms with E-state index in [1.165, 1.54) is 11.1 Å². The van der Waals surface area contributed by atoms with Crippen molar-refractivity contribution < 1.29 is 4.74 Å². The number of ether oxygens (including phenoxy) is 1. The van der Waals surface area contributed by atoms with Crippen molar-refractivity contribution in [2.75, 3.05) is 16.8 Å². The fourth-order valence-corrected chi connectivity index (χ4v) is 5.02. The molecule has 1 fully saturated rings. The minimum Gasteiger partial charge on any atom is -0.369 e. The van der Waals surface area contributed by atoms with Crippen LogP contribution in [0.25, 0.3) is 5.57 Å². The van der Waals surface area contributed by atoms with E-state index in [9.17, 15) is 0 Å². The Kier molecular flexibility index (Phi) is 9.14. The van der Waals surface area contributed by atoms with Crippen LogP contribution in [-0.4, -0.2) is 28.8 Å². The summed E-state index contributed by atoms with van der Waals surface area (Å²) in [6, 6.07) is 21.2. The Bertz CT molecular complexity index is 1220. The van der Waals surface area contributed by atoms with Crippen LogP contribution >= 0.6 is 0 Å². The van der Waals surface area contributed by atoms with Crippen LogP contribution < -0.4 is 10.2 Å². The molecule has 0 radical (unpaired) electrons. The molecule has 2 aromatic carbocycles. The summed E-state index contributed by atoms with van der Waals surface area (Å²) in [6.07, 6.45) is 5.35. The van der Waals surface area contributed by atoms with Gasteiger partial charge in [0.25, 0.3) is 0 Å². The van der Waals surface area contributed by atoms with Crippen molar-refractivity contribution in [3.8, 4) is 0 Å². The summed E-state index contributed by atoms with van der Waals surface area (Å²) >= 11 is 0. The average Bonchev–Trinajstić information content (AvgIpc) is 3.42. The number of rotatable bonds is 12. The zero-order chi connectivity index (χ0) is 27.1. The van der Waals surface area contributed by atoms with Gasteiger partial charge in [-0.05, 0) is 49.8 Å². The molecule has 1 aliphatic heterocycles. The number of nitrogens with one attached hydrogen (secondary N) is 1. The first-order chi connectivity index (χ1) is 18.4. The number of hydrogen-bond acceptors (Lipinski definition) is 5. The zero-order valence-electron chi connectivity index (χ0n) is 23.0. The van der Waals surface area contributed by atoms with Gasteiger partial charge in [0.1, 0.15) is 17.9 Å². The first kappa shape index (κ1) is 27.3. The van der Waals surface area contributed by atoms with Crippen molar-refractivity contribution in [2.24, 2.45) is 0 Å². The minimum absolute atomic E-state index is 0.0502. The Labute approximate surface area is 228 Å². The van der Waals surface area contributed by atoms with Gasteiger partial charge >= 0.3 is 0 Å². The normalized spacial score (nSPS) is 16.8. The molecule has 3 aromatic rings. The lowest BCUT2D eigenvalue weighted by molar-refractivity contribution is 0.0682. The third-order valence-corrected chi connectivity index (χ3v) is 7.16. The van der Waals surface area contributed by atoms with Crippen molar-refractivity contribution >= 4 is 17.2 Å². The van der Waals surface area contributed by atoms with Crippen molar-refractivity contribution in [3.05, 3.63) is 115 Å².